The van der Waals surface area contributed by atoms with Gasteiger partial charge in [0.05, 0.1) is 29.5 Å². The van der Waals surface area contributed by atoms with Crippen molar-refractivity contribution in [1.29, 1.82) is 0 Å². The molecule has 1 aromatic heterocycles. The minimum absolute atomic E-state index is 0.597. The number of hydrogen-bond acceptors (Lipinski definition) is 3. The van der Waals surface area contributed by atoms with Gasteiger partial charge in [0.15, 0.2) is 0 Å². The normalized spacial score (nSPS) is 23.2. The van der Waals surface area contributed by atoms with Crippen molar-refractivity contribution in [3.8, 4) is 0 Å². The van der Waals surface area contributed by atoms with E-state index in [1.165, 1.54) is 37.8 Å². The maximum Gasteiger partial charge on any atom is 0.0658 e. The van der Waals surface area contributed by atoms with Gasteiger partial charge in [-0.15, -0.1) is 0 Å². The van der Waals surface area contributed by atoms with Gasteiger partial charge in [-0.1, -0.05) is 26.2 Å². The minimum atomic E-state index is 0.597. The molecule has 21 heavy (non-hydrogen) atoms. The molecule has 0 aliphatic heterocycles. The molecule has 0 aromatic carbocycles. The van der Waals surface area contributed by atoms with E-state index in [1.54, 1.807) is 7.11 Å². The summed E-state index contributed by atoms with van der Waals surface area (Å²) < 4.78 is 8.53. The first kappa shape index (κ1) is 17.0. The highest BCUT2D eigenvalue weighted by Crippen LogP contribution is 2.39. The van der Waals surface area contributed by atoms with Crippen LogP contribution in [-0.2, 0) is 11.3 Å². The summed E-state index contributed by atoms with van der Waals surface area (Å²) >= 11 is 3.72. The Hall–Kier alpha value is -0.390. The zero-order valence-corrected chi connectivity index (χ0v) is 14.9. The second-order valence-electron chi connectivity index (χ2n) is 5.91. The molecule has 2 unspecified atom stereocenters. The summed E-state index contributed by atoms with van der Waals surface area (Å²) in [6.45, 7) is 5.90. The van der Waals surface area contributed by atoms with Crippen molar-refractivity contribution >= 4 is 15.9 Å². The minimum Gasteiger partial charge on any atom is -0.383 e. The van der Waals surface area contributed by atoms with Crippen LogP contribution in [0, 0.1) is 5.92 Å². The molecule has 1 aliphatic rings. The Morgan fingerprint density at radius 2 is 2.19 bits per heavy atom. The lowest BCUT2D eigenvalue weighted by Crippen LogP contribution is -2.28. The lowest BCUT2D eigenvalue weighted by Gasteiger charge is -2.26. The maximum absolute atomic E-state index is 5.23. The van der Waals surface area contributed by atoms with Gasteiger partial charge in [0.1, 0.15) is 0 Å². The highest BCUT2D eigenvalue weighted by atomic mass is 79.9. The smallest absolute Gasteiger partial charge is 0.0658 e. The van der Waals surface area contributed by atoms with Crippen molar-refractivity contribution in [3.05, 3.63) is 16.4 Å². The Kier molecular flexibility index (Phi) is 7.20. The van der Waals surface area contributed by atoms with Crippen molar-refractivity contribution in [2.45, 2.75) is 51.5 Å². The fourth-order valence-corrected chi connectivity index (χ4v) is 4.01. The highest BCUT2D eigenvalue weighted by Gasteiger charge is 2.29. The fourth-order valence-electron chi connectivity index (χ4n) is 3.41. The van der Waals surface area contributed by atoms with E-state index in [1.807, 2.05) is 6.20 Å². The van der Waals surface area contributed by atoms with Crippen LogP contribution in [0.2, 0.25) is 0 Å². The monoisotopic (exact) mass is 357 g/mol. The molecule has 1 N–H and O–H groups in total. The number of methoxy groups -OCH3 is 1. The standard InChI is InChI=1S/C16H28BrN3O/c1-3-18-11-13-7-5-4-6-8-14(13)16-15(17)12-19-20(16)9-10-21-2/h12-14,18H,3-11H2,1-2H3. The third-order valence-electron chi connectivity index (χ3n) is 4.51. The van der Waals surface area contributed by atoms with Crippen LogP contribution in [0.3, 0.4) is 0 Å². The molecule has 4 nitrogen and oxygen atoms in total. The molecule has 2 atom stereocenters. The van der Waals surface area contributed by atoms with Crippen molar-refractivity contribution in [3.63, 3.8) is 0 Å². The molecule has 1 saturated carbocycles. The fraction of sp³-hybridized carbons (Fsp3) is 0.812. The summed E-state index contributed by atoms with van der Waals surface area (Å²) in [5.41, 5.74) is 1.37. The van der Waals surface area contributed by atoms with Crippen LogP contribution in [0.5, 0.6) is 0 Å². The number of halogens is 1. The molecule has 5 heteroatoms. The van der Waals surface area contributed by atoms with Crippen LogP contribution in [-0.4, -0.2) is 36.6 Å². The average Bonchev–Trinajstić information content (AvgIpc) is 2.71. The number of rotatable bonds is 7. The largest absolute Gasteiger partial charge is 0.383 e. The van der Waals surface area contributed by atoms with Crippen molar-refractivity contribution in [1.82, 2.24) is 15.1 Å². The summed E-state index contributed by atoms with van der Waals surface area (Å²) in [5.74, 6) is 1.31. The van der Waals surface area contributed by atoms with Crippen LogP contribution < -0.4 is 5.32 Å². The number of aromatic nitrogens is 2. The number of hydrogen-bond donors (Lipinski definition) is 1. The zero-order valence-electron chi connectivity index (χ0n) is 13.3. The van der Waals surface area contributed by atoms with Crippen LogP contribution in [0.25, 0.3) is 0 Å². The van der Waals surface area contributed by atoms with E-state index in [2.05, 4.69) is 38.0 Å². The van der Waals surface area contributed by atoms with E-state index in [-0.39, 0.29) is 0 Å². The van der Waals surface area contributed by atoms with E-state index in [9.17, 15) is 0 Å². The molecule has 0 radical (unpaired) electrons. The van der Waals surface area contributed by atoms with Gasteiger partial charge in [-0.2, -0.15) is 5.10 Å². The van der Waals surface area contributed by atoms with E-state index in [0.717, 1.165) is 24.1 Å². The second kappa shape index (κ2) is 8.91. The number of ether oxygens (including phenoxy) is 1. The molecular weight excluding hydrogens is 330 g/mol. The molecule has 1 fully saturated rings. The molecule has 1 heterocycles. The molecule has 1 aromatic rings. The van der Waals surface area contributed by atoms with Gasteiger partial charge in [-0.05, 0) is 47.8 Å². The Labute approximate surface area is 136 Å². The predicted molar refractivity (Wildman–Crippen MR) is 89.7 cm³/mol. The Balaban J connectivity index is 2.20. The van der Waals surface area contributed by atoms with Gasteiger partial charge in [-0.3, -0.25) is 4.68 Å². The molecule has 2 rings (SSSR count). The summed E-state index contributed by atoms with van der Waals surface area (Å²) in [4.78, 5) is 0. The van der Waals surface area contributed by atoms with Gasteiger partial charge in [0.25, 0.3) is 0 Å². The van der Waals surface area contributed by atoms with Crippen LogP contribution in [0.1, 0.15) is 50.6 Å². The Morgan fingerprint density at radius 3 is 2.95 bits per heavy atom. The highest BCUT2D eigenvalue weighted by molar-refractivity contribution is 9.10. The van der Waals surface area contributed by atoms with E-state index < -0.39 is 0 Å². The summed E-state index contributed by atoms with van der Waals surface area (Å²) in [7, 11) is 1.75. The van der Waals surface area contributed by atoms with Crippen molar-refractivity contribution in [2.75, 3.05) is 26.8 Å². The molecular formula is C16H28BrN3O. The Bertz CT molecular complexity index is 422. The molecule has 0 bridgehead atoms. The third kappa shape index (κ3) is 4.54. The summed E-state index contributed by atoms with van der Waals surface area (Å²) in [6, 6.07) is 0. The van der Waals surface area contributed by atoms with E-state index in [4.69, 9.17) is 4.74 Å². The van der Waals surface area contributed by atoms with Crippen molar-refractivity contribution in [2.24, 2.45) is 5.92 Å². The van der Waals surface area contributed by atoms with Gasteiger partial charge < -0.3 is 10.1 Å². The molecule has 120 valence electrons. The topological polar surface area (TPSA) is 39.1 Å². The molecule has 1 aliphatic carbocycles. The van der Waals surface area contributed by atoms with E-state index in [0.29, 0.717) is 18.4 Å². The van der Waals surface area contributed by atoms with Crippen LogP contribution >= 0.6 is 15.9 Å². The first-order valence-electron chi connectivity index (χ1n) is 8.18. The first-order valence-corrected chi connectivity index (χ1v) is 8.98. The van der Waals surface area contributed by atoms with Gasteiger partial charge in [0.2, 0.25) is 0 Å². The zero-order chi connectivity index (χ0) is 15.1. The summed E-state index contributed by atoms with van der Waals surface area (Å²) in [5, 5.41) is 8.09. The predicted octanol–water partition coefficient (Wildman–Crippen LogP) is 3.57. The SMILES string of the molecule is CCNCC1CCCCCC1c1c(Br)cnn1CCOC. The lowest BCUT2D eigenvalue weighted by molar-refractivity contribution is 0.181. The van der Waals surface area contributed by atoms with Gasteiger partial charge in [0, 0.05) is 13.0 Å². The van der Waals surface area contributed by atoms with Gasteiger partial charge >= 0.3 is 0 Å². The summed E-state index contributed by atoms with van der Waals surface area (Å²) in [6.07, 6.45) is 8.58. The quantitative estimate of drug-likeness (QED) is 0.758. The number of nitrogens with zero attached hydrogens (tertiary/aromatic N) is 2. The first-order chi connectivity index (χ1) is 10.3. The number of nitrogens with one attached hydrogen (secondary N) is 1. The third-order valence-corrected chi connectivity index (χ3v) is 5.12. The maximum atomic E-state index is 5.23. The van der Waals surface area contributed by atoms with Crippen LogP contribution in [0.4, 0.5) is 0 Å². The lowest BCUT2D eigenvalue weighted by atomic mass is 9.85. The molecule has 0 amide bonds. The average molecular weight is 358 g/mol. The Morgan fingerprint density at radius 1 is 1.38 bits per heavy atom. The van der Waals surface area contributed by atoms with Gasteiger partial charge in [-0.25, -0.2) is 0 Å². The molecule has 0 saturated heterocycles. The van der Waals surface area contributed by atoms with Crippen molar-refractivity contribution < 1.29 is 4.74 Å². The second-order valence-corrected chi connectivity index (χ2v) is 6.76. The molecule has 0 spiro atoms. The van der Waals surface area contributed by atoms with Crippen LogP contribution in [0.15, 0.2) is 10.7 Å². The van der Waals surface area contributed by atoms with E-state index >= 15 is 0 Å².